The summed E-state index contributed by atoms with van der Waals surface area (Å²) in [5.74, 6) is 0.948. The zero-order chi connectivity index (χ0) is 18.2. The zero-order valence-corrected chi connectivity index (χ0v) is 16.5. The molecule has 1 aromatic carbocycles. The molecule has 0 spiro atoms. The fraction of sp³-hybridized carbons (Fsp3) is 0.476. The lowest BCUT2D eigenvalue weighted by molar-refractivity contribution is -0.905. The molecule has 3 rings (SSSR count). The molecule has 0 atom stereocenters. The Morgan fingerprint density at radius 1 is 1.15 bits per heavy atom. The number of benzene rings is 1. The van der Waals surface area contributed by atoms with E-state index in [1.807, 2.05) is 12.1 Å². The first-order valence-electron chi connectivity index (χ1n) is 9.69. The van der Waals surface area contributed by atoms with Gasteiger partial charge in [0.1, 0.15) is 5.76 Å². The number of thiocarbonyl (C=S) groups is 1. The second-order valence-electron chi connectivity index (χ2n) is 7.21. The molecule has 0 radical (unpaired) electrons. The van der Waals surface area contributed by atoms with Crippen LogP contribution in [0.1, 0.15) is 37.0 Å². The molecule has 2 aromatic rings. The normalized spacial score (nSPS) is 15.0. The Morgan fingerprint density at radius 2 is 1.92 bits per heavy atom. The number of hydrogen-bond donors (Lipinski definition) is 2. The Bertz CT molecular complexity index is 663. The van der Waals surface area contributed by atoms with E-state index in [0.717, 1.165) is 29.5 Å². The summed E-state index contributed by atoms with van der Waals surface area (Å²) < 4.78 is 5.54. The SMILES string of the molecule is Cc1ccc(NC(=S)N(CCC[NH+]2CCCCC2)Cc2ccco2)cc1. The van der Waals surface area contributed by atoms with E-state index in [1.54, 1.807) is 11.2 Å². The lowest BCUT2D eigenvalue weighted by atomic mass is 10.1. The molecule has 1 saturated heterocycles. The summed E-state index contributed by atoms with van der Waals surface area (Å²) in [6, 6.07) is 12.3. The van der Waals surface area contributed by atoms with Crippen LogP contribution in [0.2, 0.25) is 0 Å². The van der Waals surface area contributed by atoms with Gasteiger partial charge in [0.05, 0.1) is 32.4 Å². The summed E-state index contributed by atoms with van der Waals surface area (Å²) >= 11 is 5.70. The van der Waals surface area contributed by atoms with Gasteiger partial charge in [-0.05, 0) is 62.7 Å². The molecule has 0 unspecified atom stereocenters. The van der Waals surface area contributed by atoms with Gasteiger partial charge in [0.25, 0.3) is 0 Å². The molecular weight excluding hydrogens is 342 g/mol. The fourth-order valence-electron chi connectivity index (χ4n) is 3.50. The van der Waals surface area contributed by atoms with E-state index in [0.29, 0.717) is 6.54 Å². The highest BCUT2D eigenvalue weighted by molar-refractivity contribution is 7.80. The quantitative estimate of drug-likeness (QED) is 0.731. The van der Waals surface area contributed by atoms with E-state index in [9.17, 15) is 0 Å². The fourth-order valence-corrected chi connectivity index (χ4v) is 3.78. The summed E-state index contributed by atoms with van der Waals surface area (Å²) in [5, 5.41) is 4.14. The van der Waals surface area contributed by atoms with Crippen molar-refractivity contribution in [2.45, 2.75) is 39.2 Å². The summed E-state index contributed by atoms with van der Waals surface area (Å²) in [6.07, 6.45) is 7.02. The van der Waals surface area contributed by atoms with Crippen LogP contribution in [0.15, 0.2) is 47.1 Å². The molecule has 1 aromatic heterocycles. The second kappa shape index (κ2) is 9.74. The first kappa shape index (κ1) is 18.9. The number of quaternary nitrogens is 1. The molecule has 1 aliphatic heterocycles. The topological polar surface area (TPSA) is 32.9 Å². The molecule has 26 heavy (non-hydrogen) atoms. The molecule has 2 heterocycles. The van der Waals surface area contributed by atoms with Crippen LogP contribution in [0.4, 0.5) is 5.69 Å². The van der Waals surface area contributed by atoms with Crippen molar-refractivity contribution in [3.8, 4) is 0 Å². The van der Waals surface area contributed by atoms with E-state index in [4.69, 9.17) is 16.6 Å². The standard InChI is InChI=1S/C21H29N3OS/c1-18-8-10-19(11-9-18)22-21(26)24(17-20-7-5-16-25-20)15-6-14-23-12-3-2-4-13-23/h5,7-11,16H,2-4,6,12-15,17H2,1H3,(H,22,26)/p+1. The zero-order valence-electron chi connectivity index (χ0n) is 15.7. The van der Waals surface area contributed by atoms with Crippen LogP contribution in [0.25, 0.3) is 0 Å². The highest BCUT2D eigenvalue weighted by atomic mass is 32.1. The number of hydrogen-bond acceptors (Lipinski definition) is 2. The lowest BCUT2D eigenvalue weighted by Crippen LogP contribution is -3.12. The number of anilines is 1. The Kier molecular flexibility index (Phi) is 7.09. The molecule has 0 bridgehead atoms. The minimum absolute atomic E-state index is 0.708. The lowest BCUT2D eigenvalue weighted by Gasteiger charge is -2.27. The largest absolute Gasteiger partial charge is 0.467 e. The predicted molar refractivity (Wildman–Crippen MR) is 111 cm³/mol. The van der Waals surface area contributed by atoms with Gasteiger partial charge >= 0.3 is 0 Å². The smallest absolute Gasteiger partial charge is 0.173 e. The molecular formula is C21H30N3OS+. The van der Waals surface area contributed by atoms with Crippen molar-refractivity contribution in [2.75, 3.05) is 31.5 Å². The van der Waals surface area contributed by atoms with Crippen LogP contribution in [0.3, 0.4) is 0 Å². The van der Waals surface area contributed by atoms with Crippen molar-refractivity contribution in [1.29, 1.82) is 0 Å². The van der Waals surface area contributed by atoms with Gasteiger partial charge in [0.2, 0.25) is 0 Å². The van der Waals surface area contributed by atoms with Crippen molar-refractivity contribution in [3.05, 3.63) is 54.0 Å². The van der Waals surface area contributed by atoms with Gasteiger partial charge in [0.15, 0.2) is 5.11 Å². The minimum atomic E-state index is 0.708. The first-order valence-corrected chi connectivity index (χ1v) is 10.1. The van der Waals surface area contributed by atoms with Crippen LogP contribution < -0.4 is 10.2 Å². The Hall–Kier alpha value is -1.85. The molecule has 0 aliphatic carbocycles. The number of nitrogens with zero attached hydrogens (tertiary/aromatic N) is 1. The molecule has 4 nitrogen and oxygen atoms in total. The maximum atomic E-state index is 5.70. The van der Waals surface area contributed by atoms with Gasteiger partial charge in [-0.15, -0.1) is 0 Å². The van der Waals surface area contributed by atoms with Crippen molar-refractivity contribution >= 4 is 23.0 Å². The van der Waals surface area contributed by atoms with Gasteiger partial charge in [-0.25, -0.2) is 0 Å². The molecule has 140 valence electrons. The average molecular weight is 373 g/mol. The van der Waals surface area contributed by atoms with Gasteiger partial charge in [-0.1, -0.05) is 17.7 Å². The van der Waals surface area contributed by atoms with Crippen molar-refractivity contribution < 1.29 is 9.32 Å². The molecule has 1 fully saturated rings. The van der Waals surface area contributed by atoms with Crippen LogP contribution in [-0.4, -0.2) is 36.2 Å². The van der Waals surface area contributed by atoms with Crippen LogP contribution in [0.5, 0.6) is 0 Å². The van der Waals surface area contributed by atoms with Crippen molar-refractivity contribution in [3.63, 3.8) is 0 Å². The average Bonchev–Trinajstić information content (AvgIpc) is 3.17. The maximum Gasteiger partial charge on any atom is 0.173 e. The van der Waals surface area contributed by atoms with Crippen molar-refractivity contribution in [2.24, 2.45) is 0 Å². The van der Waals surface area contributed by atoms with Crippen LogP contribution in [-0.2, 0) is 6.54 Å². The number of furan rings is 1. The van der Waals surface area contributed by atoms with E-state index in [1.165, 1.54) is 44.5 Å². The van der Waals surface area contributed by atoms with E-state index in [-0.39, 0.29) is 0 Å². The third kappa shape index (κ3) is 5.85. The van der Waals surface area contributed by atoms with Gasteiger partial charge in [-0.2, -0.15) is 0 Å². The minimum Gasteiger partial charge on any atom is -0.467 e. The molecule has 2 N–H and O–H groups in total. The highest BCUT2D eigenvalue weighted by Gasteiger charge is 2.16. The highest BCUT2D eigenvalue weighted by Crippen LogP contribution is 2.12. The molecule has 1 aliphatic rings. The maximum absolute atomic E-state index is 5.70. The third-order valence-electron chi connectivity index (χ3n) is 5.04. The van der Waals surface area contributed by atoms with Gasteiger partial charge < -0.3 is 19.5 Å². The Balaban J connectivity index is 1.56. The Labute approximate surface area is 162 Å². The number of nitrogens with one attached hydrogen (secondary N) is 2. The summed E-state index contributed by atoms with van der Waals surface area (Å²) in [6.45, 7) is 7.62. The summed E-state index contributed by atoms with van der Waals surface area (Å²) in [7, 11) is 0. The monoisotopic (exact) mass is 372 g/mol. The van der Waals surface area contributed by atoms with E-state index in [2.05, 4.69) is 41.4 Å². The van der Waals surface area contributed by atoms with Gasteiger partial charge in [-0.3, -0.25) is 0 Å². The third-order valence-corrected chi connectivity index (χ3v) is 5.40. The van der Waals surface area contributed by atoms with Crippen LogP contribution >= 0.6 is 12.2 Å². The van der Waals surface area contributed by atoms with E-state index >= 15 is 0 Å². The molecule has 0 saturated carbocycles. The number of aryl methyl sites for hydroxylation is 1. The molecule has 5 heteroatoms. The molecule has 0 amide bonds. The summed E-state index contributed by atoms with van der Waals surface area (Å²) in [4.78, 5) is 3.96. The van der Waals surface area contributed by atoms with Crippen molar-refractivity contribution in [1.82, 2.24) is 4.90 Å². The second-order valence-corrected chi connectivity index (χ2v) is 7.60. The van der Waals surface area contributed by atoms with E-state index < -0.39 is 0 Å². The van der Waals surface area contributed by atoms with Crippen LogP contribution in [0, 0.1) is 6.92 Å². The number of rotatable bonds is 7. The summed E-state index contributed by atoms with van der Waals surface area (Å²) in [5.41, 5.74) is 2.28. The Morgan fingerprint density at radius 3 is 2.62 bits per heavy atom. The predicted octanol–water partition coefficient (Wildman–Crippen LogP) is 3.25. The number of likely N-dealkylation sites (tertiary alicyclic amines) is 1. The van der Waals surface area contributed by atoms with Gasteiger partial charge in [0, 0.05) is 18.7 Å². The number of piperidine rings is 1. The first-order chi connectivity index (χ1) is 12.7.